The zero-order chi connectivity index (χ0) is 12.8. The molecule has 0 atom stereocenters. The van der Waals surface area contributed by atoms with Crippen LogP contribution in [0.3, 0.4) is 0 Å². The smallest absolute Gasteiger partial charge is 0.0384 e. The molecule has 1 aromatic carbocycles. The molecule has 0 heterocycles. The third kappa shape index (κ3) is 7.86. The maximum Gasteiger partial charge on any atom is 0.0384 e. The highest BCUT2D eigenvalue weighted by Gasteiger charge is 1.89. The molecule has 0 amide bonds. The van der Waals surface area contributed by atoms with Crippen molar-refractivity contribution in [2.24, 2.45) is 0 Å². The van der Waals surface area contributed by atoms with Gasteiger partial charge in [0, 0.05) is 12.8 Å². The van der Waals surface area contributed by atoms with Crippen LogP contribution in [-0.2, 0) is 0 Å². The molecule has 0 aliphatic rings. The van der Waals surface area contributed by atoms with E-state index in [4.69, 9.17) is 0 Å². The summed E-state index contributed by atoms with van der Waals surface area (Å²) in [4.78, 5) is 0. The summed E-state index contributed by atoms with van der Waals surface area (Å²) in [6.07, 6.45) is 3.78. The SMILES string of the molecule is C=C/C(=C\C)Nc1ccccc1.CC.CC.[HH]. The van der Waals surface area contributed by atoms with E-state index < -0.39 is 0 Å². The molecule has 1 rings (SSSR count). The Kier molecular flexibility index (Phi) is 14.3. The third-order valence-corrected chi connectivity index (χ3v) is 1.59. The zero-order valence-corrected chi connectivity index (χ0v) is 11.2. The Morgan fingerprint density at radius 3 is 2.00 bits per heavy atom. The van der Waals surface area contributed by atoms with Gasteiger partial charge in [-0.15, -0.1) is 0 Å². The first-order valence-electron chi connectivity index (χ1n) is 5.97. The second-order valence-corrected chi connectivity index (χ2v) is 2.44. The second kappa shape index (κ2) is 13.5. The normalized spacial score (nSPS) is 8.94. The number of hydrogen-bond donors (Lipinski definition) is 1. The Balaban J connectivity index is -0.000000355. The van der Waals surface area contributed by atoms with E-state index in [1.807, 2.05) is 71.0 Å². The molecule has 0 saturated heterocycles. The van der Waals surface area contributed by atoms with Gasteiger partial charge < -0.3 is 5.32 Å². The van der Waals surface area contributed by atoms with Crippen molar-refractivity contribution in [3.63, 3.8) is 0 Å². The minimum Gasteiger partial charge on any atom is -0.356 e. The van der Waals surface area contributed by atoms with Crippen molar-refractivity contribution in [2.45, 2.75) is 34.6 Å². The van der Waals surface area contributed by atoms with E-state index in [9.17, 15) is 0 Å². The summed E-state index contributed by atoms with van der Waals surface area (Å²) in [7, 11) is 0. The highest BCUT2D eigenvalue weighted by Crippen LogP contribution is 2.08. The first-order valence-corrected chi connectivity index (χ1v) is 5.97. The van der Waals surface area contributed by atoms with E-state index in [1.54, 1.807) is 6.08 Å². The van der Waals surface area contributed by atoms with E-state index in [2.05, 4.69) is 11.9 Å². The van der Waals surface area contributed by atoms with Crippen molar-refractivity contribution in [3.8, 4) is 0 Å². The molecule has 0 aliphatic heterocycles. The summed E-state index contributed by atoms with van der Waals surface area (Å²) in [6, 6.07) is 10.0. The number of nitrogens with one attached hydrogen (secondary N) is 1. The zero-order valence-electron chi connectivity index (χ0n) is 11.2. The first kappa shape index (κ1) is 16.9. The van der Waals surface area contributed by atoms with Crippen LogP contribution in [0.4, 0.5) is 5.69 Å². The molecule has 1 aromatic rings. The predicted molar refractivity (Wildman–Crippen MR) is 78.8 cm³/mol. The molecule has 0 saturated carbocycles. The maximum absolute atomic E-state index is 3.70. The molecule has 16 heavy (non-hydrogen) atoms. The monoisotopic (exact) mass is 221 g/mol. The molecule has 1 nitrogen and oxygen atoms in total. The van der Waals surface area contributed by atoms with E-state index in [1.165, 1.54) is 0 Å². The van der Waals surface area contributed by atoms with Crippen molar-refractivity contribution in [1.29, 1.82) is 0 Å². The van der Waals surface area contributed by atoms with E-state index in [0.717, 1.165) is 11.4 Å². The van der Waals surface area contributed by atoms with Gasteiger partial charge in [-0.3, -0.25) is 0 Å². The van der Waals surface area contributed by atoms with Crippen LogP contribution in [0.2, 0.25) is 0 Å². The van der Waals surface area contributed by atoms with Gasteiger partial charge in [-0.05, 0) is 25.1 Å². The standard InChI is InChI=1S/C11H13N.2C2H6.H2/c1-3-10(4-2)12-11-8-6-5-7-9-11;2*1-2;/h3-9,12H,1H2,2H3;2*1-2H3;1H/b10-4+;;;. The van der Waals surface area contributed by atoms with Gasteiger partial charge in [0.1, 0.15) is 0 Å². The van der Waals surface area contributed by atoms with Gasteiger partial charge in [-0.2, -0.15) is 0 Å². The lowest BCUT2D eigenvalue weighted by Crippen LogP contribution is -1.94. The molecule has 1 heteroatoms. The van der Waals surface area contributed by atoms with Crippen LogP contribution in [0.5, 0.6) is 0 Å². The molecule has 0 unspecified atom stereocenters. The molecule has 0 aromatic heterocycles. The van der Waals surface area contributed by atoms with Gasteiger partial charge in [0.25, 0.3) is 0 Å². The number of benzene rings is 1. The number of allylic oxidation sites excluding steroid dienone is 2. The lowest BCUT2D eigenvalue weighted by molar-refractivity contribution is 1.45. The summed E-state index contributed by atoms with van der Waals surface area (Å²) in [5, 5.41) is 3.22. The van der Waals surface area contributed by atoms with E-state index in [0.29, 0.717) is 0 Å². The Morgan fingerprint density at radius 1 is 1.12 bits per heavy atom. The van der Waals surface area contributed by atoms with Crippen LogP contribution in [0.1, 0.15) is 36.0 Å². The quantitative estimate of drug-likeness (QED) is 0.666. The van der Waals surface area contributed by atoms with Gasteiger partial charge in [-0.1, -0.05) is 58.5 Å². The molecular formula is C15H27N. The molecule has 0 aliphatic carbocycles. The second-order valence-electron chi connectivity index (χ2n) is 2.44. The minimum absolute atomic E-state index is 0. The molecular weight excluding hydrogens is 194 g/mol. The van der Waals surface area contributed by atoms with Crippen molar-refractivity contribution in [3.05, 3.63) is 54.8 Å². The van der Waals surface area contributed by atoms with Crippen LogP contribution in [0.25, 0.3) is 0 Å². The van der Waals surface area contributed by atoms with Crippen LogP contribution in [0.15, 0.2) is 54.8 Å². The Hall–Kier alpha value is -1.50. The Bertz CT molecular complexity index is 278. The number of rotatable bonds is 3. The van der Waals surface area contributed by atoms with Gasteiger partial charge in [-0.25, -0.2) is 0 Å². The van der Waals surface area contributed by atoms with Crippen LogP contribution >= 0.6 is 0 Å². The van der Waals surface area contributed by atoms with Crippen LogP contribution in [0, 0.1) is 0 Å². The van der Waals surface area contributed by atoms with Gasteiger partial charge in [0.2, 0.25) is 0 Å². The average molecular weight is 221 g/mol. The number of anilines is 1. The molecule has 0 radical (unpaired) electrons. The largest absolute Gasteiger partial charge is 0.356 e. The number of para-hydroxylation sites is 1. The highest BCUT2D eigenvalue weighted by atomic mass is 14.9. The summed E-state index contributed by atoms with van der Waals surface area (Å²) in [6.45, 7) is 13.7. The topological polar surface area (TPSA) is 12.0 Å². The van der Waals surface area contributed by atoms with E-state index in [-0.39, 0.29) is 1.43 Å². The van der Waals surface area contributed by atoms with Gasteiger partial charge in [0.05, 0.1) is 0 Å². The fraction of sp³-hybridized carbons (Fsp3) is 0.333. The lowest BCUT2D eigenvalue weighted by atomic mass is 10.3. The molecule has 1 N–H and O–H groups in total. The van der Waals surface area contributed by atoms with Crippen molar-refractivity contribution in [2.75, 3.05) is 5.32 Å². The van der Waals surface area contributed by atoms with Crippen molar-refractivity contribution >= 4 is 5.69 Å². The lowest BCUT2D eigenvalue weighted by Gasteiger charge is -2.05. The van der Waals surface area contributed by atoms with Crippen LogP contribution in [-0.4, -0.2) is 0 Å². The average Bonchev–Trinajstić information content (AvgIpc) is 2.42. The summed E-state index contributed by atoms with van der Waals surface area (Å²) >= 11 is 0. The molecule has 0 spiro atoms. The molecule has 92 valence electrons. The van der Waals surface area contributed by atoms with E-state index >= 15 is 0 Å². The molecule has 0 bridgehead atoms. The summed E-state index contributed by atoms with van der Waals surface area (Å²) in [5.41, 5.74) is 2.12. The van der Waals surface area contributed by atoms with Crippen LogP contribution < -0.4 is 5.32 Å². The summed E-state index contributed by atoms with van der Waals surface area (Å²) < 4.78 is 0. The number of hydrogen-bond acceptors (Lipinski definition) is 1. The minimum atomic E-state index is 0. The fourth-order valence-corrected chi connectivity index (χ4v) is 0.929. The molecule has 0 fully saturated rings. The highest BCUT2D eigenvalue weighted by molar-refractivity contribution is 5.49. The fourth-order valence-electron chi connectivity index (χ4n) is 0.929. The Morgan fingerprint density at radius 2 is 1.62 bits per heavy atom. The Labute approximate surface area is 102 Å². The van der Waals surface area contributed by atoms with Gasteiger partial charge >= 0.3 is 0 Å². The first-order chi connectivity index (χ1) is 7.86. The third-order valence-electron chi connectivity index (χ3n) is 1.59. The van der Waals surface area contributed by atoms with Crippen molar-refractivity contribution < 1.29 is 1.43 Å². The van der Waals surface area contributed by atoms with Gasteiger partial charge in [0.15, 0.2) is 0 Å². The predicted octanol–water partition coefficient (Wildman–Crippen LogP) is 5.49. The summed E-state index contributed by atoms with van der Waals surface area (Å²) in [5.74, 6) is 0. The maximum atomic E-state index is 3.70. The van der Waals surface area contributed by atoms with Crippen molar-refractivity contribution in [1.82, 2.24) is 0 Å².